The van der Waals surface area contributed by atoms with E-state index in [-0.39, 0.29) is 5.91 Å². The predicted molar refractivity (Wildman–Crippen MR) is 119 cm³/mol. The van der Waals surface area contributed by atoms with Crippen molar-refractivity contribution < 1.29 is 4.79 Å². The Hall–Kier alpha value is -4.44. The van der Waals surface area contributed by atoms with Crippen molar-refractivity contribution in [2.24, 2.45) is 7.05 Å². The van der Waals surface area contributed by atoms with Crippen LogP contribution in [0.15, 0.2) is 67.3 Å². The summed E-state index contributed by atoms with van der Waals surface area (Å²) in [5, 5.41) is 7.23. The van der Waals surface area contributed by atoms with Crippen LogP contribution in [-0.2, 0) is 7.05 Å². The van der Waals surface area contributed by atoms with Crippen LogP contribution >= 0.6 is 0 Å². The van der Waals surface area contributed by atoms with E-state index in [0.29, 0.717) is 16.9 Å². The standard InChI is InChI=1S/C24H18N6O/c1-16-5-6-18(24(31)28-19-8-10-21-22(13-19)29(2)15-26-21)12-17(16)7-9-20-14-25-23-4-3-11-27-30(20)23/h3-6,8,10-15H,1-2H3,(H,28,31). The van der Waals surface area contributed by atoms with Gasteiger partial charge in [-0.25, -0.2) is 14.5 Å². The topological polar surface area (TPSA) is 77.1 Å². The van der Waals surface area contributed by atoms with Crippen LogP contribution in [0.4, 0.5) is 5.69 Å². The number of hydrogen-bond acceptors (Lipinski definition) is 4. The molecule has 3 aromatic heterocycles. The van der Waals surface area contributed by atoms with Crippen molar-refractivity contribution in [2.75, 3.05) is 5.32 Å². The fraction of sp³-hybridized carbons (Fsp3) is 0.0833. The highest BCUT2D eigenvalue weighted by atomic mass is 16.1. The second kappa shape index (κ2) is 7.43. The van der Waals surface area contributed by atoms with Crippen molar-refractivity contribution in [2.45, 2.75) is 6.92 Å². The largest absolute Gasteiger partial charge is 0.334 e. The number of carbonyl (C=O) groups excluding carboxylic acids is 1. The minimum Gasteiger partial charge on any atom is -0.334 e. The van der Waals surface area contributed by atoms with Crippen molar-refractivity contribution in [1.29, 1.82) is 0 Å². The molecule has 0 aliphatic rings. The molecule has 7 heteroatoms. The fourth-order valence-electron chi connectivity index (χ4n) is 3.35. The molecular formula is C24H18N6O. The van der Waals surface area contributed by atoms with E-state index in [0.717, 1.165) is 27.8 Å². The molecule has 31 heavy (non-hydrogen) atoms. The van der Waals surface area contributed by atoms with E-state index < -0.39 is 0 Å². The Labute approximate surface area is 178 Å². The van der Waals surface area contributed by atoms with Crippen molar-refractivity contribution in [1.82, 2.24) is 24.1 Å². The van der Waals surface area contributed by atoms with Crippen LogP contribution in [0.5, 0.6) is 0 Å². The van der Waals surface area contributed by atoms with Gasteiger partial charge < -0.3 is 9.88 Å². The highest BCUT2D eigenvalue weighted by Gasteiger charge is 2.10. The molecule has 0 spiro atoms. The Bertz CT molecular complexity index is 1520. The molecule has 2 aromatic carbocycles. The Morgan fingerprint density at radius 2 is 1.97 bits per heavy atom. The maximum atomic E-state index is 12.8. The molecule has 0 saturated carbocycles. The quantitative estimate of drug-likeness (QED) is 0.455. The molecule has 0 unspecified atom stereocenters. The van der Waals surface area contributed by atoms with Gasteiger partial charge in [0.25, 0.3) is 5.91 Å². The number of carbonyl (C=O) groups is 1. The molecule has 7 nitrogen and oxygen atoms in total. The molecule has 0 bridgehead atoms. The second-order valence-electron chi connectivity index (χ2n) is 7.23. The molecule has 5 rings (SSSR count). The zero-order valence-electron chi connectivity index (χ0n) is 17.0. The lowest BCUT2D eigenvalue weighted by atomic mass is 10.0. The monoisotopic (exact) mass is 406 g/mol. The van der Waals surface area contributed by atoms with E-state index in [1.54, 1.807) is 35.4 Å². The summed E-state index contributed by atoms with van der Waals surface area (Å²) in [5.74, 6) is 6.07. The van der Waals surface area contributed by atoms with Gasteiger partial charge >= 0.3 is 0 Å². The van der Waals surface area contributed by atoms with Crippen molar-refractivity contribution >= 4 is 28.3 Å². The van der Waals surface area contributed by atoms with Crippen molar-refractivity contribution in [3.8, 4) is 11.8 Å². The van der Waals surface area contributed by atoms with Gasteiger partial charge in [-0.1, -0.05) is 12.0 Å². The SMILES string of the molecule is Cc1ccc(C(=O)Nc2ccc3ncn(C)c3c2)cc1C#Cc1cnc2cccnn12. The minimum atomic E-state index is -0.193. The predicted octanol–water partition coefficient (Wildman–Crippen LogP) is 3.58. The van der Waals surface area contributed by atoms with E-state index >= 15 is 0 Å². The van der Waals surface area contributed by atoms with Crippen LogP contribution in [0, 0.1) is 18.8 Å². The molecule has 0 saturated heterocycles. The lowest BCUT2D eigenvalue weighted by Gasteiger charge is -2.07. The van der Waals surface area contributed by atoms with Crippen LogP contribution in [0.1, 0.15) is 27.2 Å². The van der Waals surface area contributed by atoms with Gasteiger partial charge in [-0.3, -0.25) is 4.79 Å². The molecule has 0 aliphatic heterocycles. The van der Waals surface area contributed by atoms with E-state index in [1.165, 1.54) is 0 Å². The fourth-order valence-corrected chi connectivity index (χ4v) is 3.35. The third kappa shape index (κ3) is 3.51. The smallest absolute Gasteiger partial charge is 0.255 e. The first-order valence-electron chi connectivity index (χ1n) is 9.72. The third-order valence-corrected chi connectivity index (χ3v) is 5.09. The summed E-state index contributed by atoms with van der Waals surface area (Å²) < 4.78 is 3.60. The molecule has 5 aromatic rings. The zero-order chi connectivity index (χ0) is 21.4. The van der Waals surface area contributed by atoms with Crippen molar-refractivity contribution in [3.05, 3.63) is 89.6 Å². The molecule has 0 radical (unpaired) electrons. The number of benzene rings is 2. The molecule has 150 valence electrons. The van der Waals surface area contributed by atoms with Gasteiger partial charge in [0.05, 0.1) is 23.6 Å². The highest BCUT2D eigenvalue weighted by molar-refractivity contribution is 6.05. The molecule has 1 N–H and O–H groups in total. The van der Waals surface area contributed by atoms with Gasteiger partial charge in [0.1, 0.15) is 5.69 Å². The molecule has 1 amide bonds. The number of rotatable bonds is 2. The lowest BCUT2D eigenvalue weighted by Crippen LogP contribution is -2.12. The summed E-state index contributed by atoms with van der Waals surface area (Å²) in [4.78, 5) is 21.4. The van der Waals surface area contributed by atoms with Crippen molar-refractivity contribution in [3.63, 3.8) is 0 Å². The van der Waals surface area contributed by atoms with Crippen LogP contribution in [0.2, 0.25) is 0 Å². The van der Waals surface area contributed by atoms with Crippen LogP contribution in [-0.4, -0.2) is 30.1 Å². The second-order valence-corrected chi connectivity index (χ2v) is 7.23. The Morgan fingerprint density at radius 3 is 2.87 bits per heavy atom. The van der Waals surface area contributed by atoms with E-state index in [9.17, 15) is 4.79 Å². The number of anilines is 1. The maximum absolute atomic E-state index is 12.8. The Morgan fingerprint density at radius 1 is 1.06 bits per heavy atom. The summed E-state index contributed by atoms with van der Waals surface area (Å²) in [7, 11) is 1.92. The highest BCUT2D eigenvalue weighted by Crippen LogP contribution is 2.19. The van der Waals surface area contributed by atoms with Gasteiger partial charge in [0, 0.05) is 30.1 Å². The number of nitrogens with one attached hydrogen (secondary N) is 1. The van der Waals surface area contributed by atoms with Gasteiger partial charge in [0.2, 0.25) is 0 Å². The van der Waals surface area contributed by atoms with E-state index in [4.69, 9.17) is 0 Å². The number of amides is 1. The van der Waals surface area contributed by atoms with Crippen LogP contribution < -0.4 is 5.32 Å². The number of fused-ring (bicyclic) bond motifs is 2. The van der Waals surface area contributed by atoms with E-state index in [2.05, 4.69) is 32.2 Å². The van der Waals surface area contributed by atoms with Gasteiger partial charge in [-0.2, -0.15) is 5.10 Å². The first-order valence-corrected chi connectivity index (χ1v) is 9.72. The summed E-state index contributed by atoms with van der Waals surface area (Å²) >= 11 is 0. The third-order valence-electron chi connectivity index (χ3n) is 5.09. The number of imidazole rings is 2. The number of aromatic nitrogens is 5. The summed E-state index contributed by atoms with van der Waals surface area (Å²) in [6.45, 7) is 1.97. The Balaban J connectivity index is 1.42. The lowest BCUT2D eigenvalue weighted by molar-refractivity contribution is 0.102. The first-order chi connectivity index (χ1) is 15.1. The maximum Gasteiger partial charge on any atom is 0.255 e. The van der Waals surface area contributed by atoms with E-state index in [1.807, 2.05) is 54.9 Å². The normalized spacial score (nSPS) is 10.8. The zero-order valence-corrected chi connectivity index (χ0v) is 17.0. The minimum absolute atomic E-state index is 0.193. The molecule has 3 heterocycles. The summed E-state index contributed by atoms with van der Waals surface area (Å²) in [5.41, 5.74) is 6.28. The molecular weight excluding hydrogens is 388 g/mol. The van der Waals surface area contributed by atoms with Crippen LogP contribution in [0.25, 0.3) is 16.7 Å². The van der Waals surface area contributed by atoms with Gasteiger partial charge in [0.15, 0.2) is 5.65 Å². The number of nitrogens with zero attached hydrogens (tertiary/aromatic N) is 5. The first kappa shape index (κ1) is 18.6. The molecule has 0 aliphatic carbocycles. The Kier molecular flexibility index (Phi) is 4.45. The van der Waals surface area contributed by atoms with Gasteiger partial charge in [-0.15, -0.1) is 0 Å². The van der Waals surface area contributed by atoms with Crippen LogP contribution in [0.3, 0.4) is 0 Å². The average molecular weight is 406 g/mol. The van der Waals surface area contributed by atoms with Gasteiger partial charge in [-0.05, 0) is 60.9 Å². The molecule has 0 atom stereocenters. The summed E-state index contributed by atoms with van der Waals surface area (Å²) in [6, 6.07) is 14.9. The summed E-state index contributed by atoms with van der Waals surface area (Å²) in [6.07, 6.45) is 5.13. The number of hydrogen-bond donors (Lipinski definition) is 1. The average Bonchev–Trinajstić information content (AvgIpc) is 3.36. The molecule has 0 fully saturated rings. The number of aryl methyl sites for hydroxylation is 2.